The summed E-state index contributed by atoms with van der Waals surface area (Å²) in [7, 11) is 0. The third kappa shape index (κ3) is 8.50. The number of aliphatic hydroxyl groups is 3. The predicted molar refractivity (Wildman–Crippen MR) is 138 cm³/mol. The van der Waals surface area contributed by atoms with Crippen LogP contribution in [0.15, 0.2) is 0 Å². The highest BCUT2D eigenvalue weighted by Gasteiger charge is 2.34. The molecule has 3 N–H and O–H groups in total. The van der Waals surface area contributed by atoms with Crippen LogP contribution in [0.2, 0.25) is 0 Å². The van der Waals surface area contributed by atoms with Crippen LogP contribution in [-0.2, 0) is 0 Å². The van der Waals surface area contributed by atoms with Crippen LogP contribution in [0, 0.1) is 47.3 Å². The van der Waals surface area contributed by atoms with Crippen molar-refractivity contribution in [1.29, 1.82) is 0 Å². The minimum Gasteiger partial charge on any atom is -0.393 e. The van der Waals surface area contributed by atoms with Crippen molar-refractivity contribution in [3.8, 4) is 0 Å². The fourth-order valence-corrected chi connectivity index (χ4v) is 7.63. The summed E-state index contributed by atoms with van der Waals surface area (Å²) in [6.45, 7) is 9.22. The smallest absolute Gasteiger partial charge is 0.0801 e. The van der Waals surface area contributed by atoms with Crippen LogP contribution in [-0.4, -0.2) is 33.6 Å². The third-order valence-corrected chi connectivity index (χ3v) is 10.2. The summed E-state index contributed by atoms with van der Waals surface area (Å²) in [5, 5.41) is 32.5. The monoisotopic (exact) mass is 464 g/mol. The van der Waals surface area contributed by atoms with Gasteiger partial charge in [-0.05, 0) is 105 Å². The molecule has 3 nitrogen and oxygen atoms in total. The molecule has 3 fully saturated rings. The molecule has 0 saturated heterocycles. The van der Waals surface area contributed by atoms with Crippen molar-refractivity contribution in [3.63, 3.8) is 0 Å². The number of hydrogen-bond acceptors (Lipinski definition) is 3. The molecule has 0 aliphatic heterocycles. The molecule has 0 aromatic carbocycles. The molecular weight excluding hydrogens is 408 g/mol. The highest BCUT2D eigenvalue weighted by atomic mass is 16.3. The van der Waals surface area contributed by atoms with Crippen molar-refractivity contribution in [1.82, 2.24) is 0 Å². The van der Waals surface area contributed by atoms with Gasteiger partial charge in [-0.15, -0.1) is 0 Å². The number of aliphatic hydroxyl groups excluding tert-OH is 3. The van der Waals surface area contributed by atoms with Crippen LogP contribution < -0.4 is 0 Å². The van der Waals surface area contributed by atoms with Crippen molar-refractivity contribution >= 4 is 0 Å². The highest BCUT2D eigenvalue weighted by Crippen LogP contribution is 2.44. The van der Waals surface area contributed by atoms with Gasteiger partial charge in [-0.2, -0.15) is 0 Å². The summed E-state index contributed by atoms with van der Waals surface area (Å²) in [5.41, 5.74) is 0. The topological polar surface area (TPSA) is 60.7 Å². The Bertz CT molecular complexity index is 541. The largest absolute Gasteiger partial charge is 0.393 e. The van der Waals surface area contributed by atoms with Crippen LogP contribution in [0.25, 0.3) is 0 Å². The summed E-state index contributed by atoms with van der Waals surface area (Å²) in [5.74, 6) is 5.44. The first kappa shape index (κ1) is 27.5. The molecule has 0 heterocycles. The van der Waals surface area contributed by atoms with E-state index in [-0.39, 0.29) is 6.10 Å². The maximum Gasteiger partial charge on any atom is 0.0801 e. The summed E-state index contributed by atoms with van der Waals surface area (Å²) in [6, 6.07) is 0. The van der Waals surface area contributed by atoms with Gasteiger partial charge in [-0.1, -0.05) is 66.2 Å². The van der Waals surface area contributed by atoms with Gasteiger partial charge in [0, 0.05) is 0 Å². The molecule has 33 heavy (non-hydrogen) atoms. The van der Waals surface area contributed by atoms with Crippen LogP contribution >= 0.6 is 0 Å². The van der Waals surface area contributed by atoms with E-state index in [9.17, 15) is 15.3 Å². The first-order valence-electron chi connectivity index (χ1n) is 14.8. The van der Waals surface area contributed by atoms with Gasteiger partial charge in [0.05, 0.1) is 18.3 Å². The third-order valence-electron chi connectivity index (χ3n) is 10.2. The Morgan fingerprint density at radius 1 is 0.697 bits per heavy atom. The van der Waals surface area contributed by atoms with E-state index in [0.717, 1.165) is 55.8 Å². The Hall–Kier alpha value is -0.120. The Balaban J connectivity index is 1.40. The molecule has 3 saturated carbocycles. The van der Waals surface area contributed by atoms with Crippen LogP contribution in [0.1, 0.15) is 124 Å². The molecule has 0 spiro atoms. The van der Waals surface area contributed by atoms with E-state index in [0.29, 0.717) is 30.1 Å². The summed E-state index contributed by atoms with van der Waals surface area (Å²) in [4.78, 5) is 0. The van der Waals surface area contributed by atoms with Gasteiger partial charge < -0.3 is 15.3 Å². The Labute approximate surface area is 205 Å². The molecule has 0 aromatic rings. The van der Waals surface area contributed by atoms with E-state index in [1.54, 1.807) is 0 Å². The lowest BCUT2D eigenvalue weighted by atomic mass is 9.72. The Morgan fingerprint density at radius 2 is 1.36 bits per heavy atom. The molecule has 0 amide bonds. The summed E-state index contributed by atoms with van der Waals surface area (Å²) >= 11 is 0. The van der Waals surface area contributed by atoms with E-state index in [1.807, 2.05) is 0 Å². The molecule has 6 unspecified atom stereocenters. The molecule has 3 aliphatic carbocycles. The first-order chi connectivity index (χ1) is 15.7. The molecule has 3 aliphatic rings. The number of rotatable bonds is 11. The van der Waals surface area contributed by atoms with Crippen LogP contribution in [0.5, 0.6) is 0 Å². The molecule has 194 valence electrons. The summed E-state index contributed by atoms with van der Waals surface area (Å²) in [6.07, 6.45) is 16.0. The quantitative estimate of drug-likeness (QED) is 0.309. The van der Waals surface area contributed by atoms with Gasteiger partial charge in [0.2, 0.25) is 0 Å². The minimum absolute atomic E-state index is 0.204. The second-order valence-electron chi connectivity index (χ2n) is 13.2. The van der Waals surface area contributed by atoms with Gasteiger partial charge in [-0.25, -0.2) is 0 Å². The lowest BCUT2D eigenvalue weighted by Gasteiger charge is -2.35. The van der Waals surface area contributed by atoms with Gasteiger partial charge >= 0.3 is 0 Å². The lowest BCUT2D eigenvalue weighted by Crippen LogP contribution is -2.32. The zero-order valence-electron chi connectivity index (χ0n) is 22.3. The summed E-state index contributed by atoms with van der Waals surface area (Å²) < 4.78 is 0. The van der Waals surface area contributed by atoms with Gasteiger partial charge in [0.25, 0.3) is 0 Å². The first-order valence-corrected chi connectivity index (χ1v) is 14.8. The van der Waals surface area contributed by atoms with E-state index >= 15 is 0 Å². The fourth-order valence-electron chi connectivity index (χ4n) is 7.63. The second kappa shape index (κ2) is 13.3. The Kier molecular flexibility index (Phi) is 11.0. The van der Waals surface area contributed by atoms with Gasteiger partial charge in [-0.3, -0.25) is 0 Å². The SMILES string of the molecule is CC1CCC(C(O)C[C@H](CCC(O)[C@@H](O)CC2CCCC(C3CCC(C)C3)C2)C(C)C)CC1. The second-order valence-corrected chi connectivity index (χ2v) is 13.2. The predicted octanol–water partition coefficient (Wildman–Crippen LogP) is 6.97. The van der Waals surface area contributed by atoms with E-state index < -0.39 is 12.2 Å². The average Bonchev–Trinajstić information content (AvgIpc) is 3.23. The molecule has 0 aromatic heterocycles. The molecular formula is C30H56O3. The van der Waals surface area contributed by atoms with Crippen molar-refractivity contribution in [2.45, 2.75) is 142 Å². The normalized spacial score (nSPS) is 37.1. The lowest BCUT2D eigenvalue weighted by molar-refractivity contribution is -0.0132. The zero-order valence-corrected chi connectivity index (χ0v) is 22.3. The van der Waals surface area contributed by atoms with Crippen molar-refractivity contribution in [3.05, 3.63) is 0 Å². The Morgan fingerprint density at radius 3 is 2.00 bits per heavy atom. The van der Waals surface area contributed by atoms with E-state index in [1.165, 1.54) is 57.8 Å². The number of hydrogen-bond donors (Lipinski definition) is 3. The standard InChI is InChI=1S/C30H56O3/c1-20(2)25(19-29(32)24-11-8-21(3)9-12-24)14-15-28(31)30(33)18-23-6-5-7-26(17-23)27-13-10-22(4)16-27/h20-33H,5-19H2,1-4H3/t21?,22?,23?,24?,25-,26?,27?,28?,29?,30-/m0/s1. The fraction of sp³-hybridized carbons (Fsp3) is 1.00. The molecule has 0 radical (unpaired) electrons. The van der Waals surface area contributed by atoms with E-state index in [2.05, 4.69) is 27.7 Å². The maximum absolute atomic E-state index is 10.9. The van der Waals surface area contributed by atoms with Gasteiger partial charge in [0.1, 0.15) is 0 Å². The highest BCUT2D eigenvalue weighted by molar-refractivity contribution is 4.85. The molecule has 3 heteroatoms. The van der Waals surface area contributed by atoms with Crippen molar-refractivity contribution < 1.29 is 15.3 Å². The zero-order chi connectivity index (χ0) is 24.0. The molecule has 8 atom stereocenters. The van der Waals surface area contributed by atoms with E-state index in [4.69, 9.17) is 0 Å². The molecule has 3 rings (SSSR count). The van der Waals surface area contributed by atoms with Crippen LogP contribution in [0.4, 0.5) is 0 Å². The maximum atomic E-state index is 10.9. The van der Waals surface area contributed by atoms with Crippen molar-refractivity contribution in [2.75, 3.05) is 0 Å². The minimum atomic E-state index is -0.620. The van der Waals surface area contributed by atoms with Crippen LogP contribution in [0.3, 0.4) is 0 Å². The average molecular weight is 465 g/mol. The van der Waals surface area contributed by atoms with Crippen molar-refractivity contribution in [2.24, 2.45) is 47.3 Å². The van der Waals surface area contributed by atoms with Gasteiger partial charge in [0.15, 0.2) is 0 Å². The molecule has 0 bridgehead atoms.